The van der Waals surface area contributed by atoms with Crippen LogP contribution < -0.4 is 19.5 Å². The molecule has 0 saturated heterocycles. The van der Waals surface area contributed by atoms with E-state index in [1.807, 2.05) is 47.8 Å². The number of carbonyl (C=O) groups is 2. The second kappa shape index (κ2) is 12.7. The van der Waals surface area contributed by atoms with Gasteiger partial charge in [-0.25, -0.2) is 4.98 Å². The summed E-state index contributed by atoms with van der Waals surface area (Å²) in [6, 6.07) is 21.8. The molecule has 0 aliphatic carbocycles. The smallest absolute Gasteiger partial charge is 0.306 e. The van der Waals surface area contributed by atoms with Gasteiger partial charge in [-0.05, 0) is 35.2 Å². The molecule has 196 valence electrons. The summed E-state index contributed by atoms with van der Waals surface area (Å²) in [5.74, 6) is 0.542. The highest BCUT2D eigenvalue weighted by molar-refractivity contribution is 7.14. The van der Waals surface area contributed by atoms with Crippen LogP contribution in [-0.2, 0) is 20.7 Å². The average molecular weight is 533 g/mol. The lowest BCUT2D eigenvalue weighted by molar-refractivity contribution is -0.147. The second-order valence-corrected chi connectivity index (χ2v) is 9.08. The first kappa shape index (κ1) is 26.7. The molecule has 1 amide bonds. The molecule has 0 aliphatic rings. The number of nitrogens with one attached hydrogen (secondary N) is 1. The second-order valence-electron chi connectivity index (χ2n) is 8.22. The fraction of sp³-hybridized carbons (Fsp3) is 0.207. The maximum Gasteiger partial charge on any atom is 0.306 e. The number of thiazole rings is 1. The Kier molecular flexibility index (Phi) is 8.94. The van der Waals surface area contributed by atoms with Crippen molar-refractivity contribution in [2.45, 2.75) is 12.8 Å². The quantitative estimate of drug-likeness (QED) is 0.251. The molecule has 0 spiro atoms. The summed E-state index contributed by atoms with van der Waals surface area (Å²) >= 11 is 1.31. The molecule has 1 aromatic heterocycles. The van der Waals surface area contributed by atoms with Crippen molar-refractivity contribution in [3.05, 3.63) is 77.7 Å². The fourth-order valence-electron chi connectivity index (χ4n) is 3.83. The SMILES string of the molecule is COc1cc(CCC(=O)OCC(=O)Nc2nc(-c3ccc(-c4ccccc4)cc3)cs2)cc(OC)c1OC. The number of esters is 1. The molecular weight excluding hydrogens is 504 g/mol. The van der Waals surface area contributed by atoms with E-state index in [4.69, 9.17) is 18.9 Å². The number of rotatable bonds is 11. The topological polar surface area (TPSA) is 96.0 Å². The summed E-state index contributed by atoms with van der Waals surface area (Å²) < 4.78 is 21.1. The molecule has 0 bridgehead atoms. The average Bonchev–Trinajstić information content (AvgIpc) is 3.43. The van der Waals surface area contributed by atoms with Gasteiger partial charge in [-0.1, -0.05) is 54.6 Å². The molecular formula is C29H28N2O6S. The van der Waals surface area contributed by atoms with Crippen molar-refractivity contribution in [2.24, 2.45) is 0 Å². The summed E-state index contributed by atoms with van der Waals surface area (Å²) in [5.41, 5.74) is 4.77. The Labute approximate surface area is 225 Å². The van der Waals surface area contributed by atoms with E-state index >= 15 is 0 Å². The van der Waals surface area contributed by atoms with Crippen molar-refractivity contribution in [1.82, 2.24) is 4.98 Å². The number of ether oxygens (including phenoxy) is 4. The van der Waals surface area contributed by atoms with Gasteiger partial charge in [0.25, 0.3) is 5.91 Å². The first-order valence-corrected chi connectivity index (χ1v) is 12.7. The minimum absolute atomic E-state index is 0.0896. The van der Waals surface area contributed by atoms with Gasteiger partial charge >= 0.3 is 5.97 Å². The Balaban J connectivity index is 1.26. The van der Waals surface area contributed by atoms with Crippen LogP contribution in [0.1, 0.15) is 12.0 Å². The van der Waals surface area contributed by atoms with Gasteiger partial charge in [0.05, 0.1) is 27.0 Å². The Morgan fingerprint density at radius 3 is 2.11 bits per heavy atom. The van der Waals surface area contributed by atoms with Crippen LogP contribution in [0.5, 0.6) is 17.2 Å². The number of methoxy groups -OCH3 is 3. The van der Waals surface area contributed by atoms with Gasteiger partial charge in [0.1, 0.15) is 0 Å². The molecule has 3 aromatic carbocycles. The van der Waals surface area contributed by atoms with Crippen LogP contribution in [0.3, 0.4) is 0 Å². The largest absolute Gasteiger partial charge is 0.493 e. The molecule has 0 fully saturated rings. The Hall–Kier alpha value is -4.37. The van der Waals surface area contributed by atoms with E-state index in [1.54, 1.807) is 12.1 Å². The highest BCUT2D eigenvalue weighted by atomic mass is 32.1. The molecule has 9 heteroatoms. The number of aromatic nitrogens is 1. The molecule has 4 aromatic rings. The molecule has 0 aliphatic heterocycles. The highest BCUT2D eigenvalue weighted by Gasteiger charge is 2.15. The summed E-state index contributed by atoms with van der Waals surface area (Å²) in [5, 5.41) is 4.99. The monoisotopic (exact) mass is 532 g/mol. The minimum atomic E-state index is -0.493. The molecule has 1 N–H and O–H groups in total. The van der Waals surface area contributed by atoms with Crippen LogP contribution in [0.2, 0.25) is 0 Å². The van der Waals surface area contributed by atoms with Crippen molar-refractivity contribution in [1.29, 1.82) is 0 Å². The van der Waals surface area contributed by atoms with Crippen LogP contribution in [0.15, 0.2) is 72.1 Å². The third-order valence-corrected chi connectivity index (χ3v) is 6.50. The standard InChI is InChI=1S/C29H28N2O6S/c1-34-24-15-19(16-25(35-2)28(24)36-3)9-14-27(33)37-17-26(32)31-29-30-23(18-38-29)22-12-10-21(11-13-22)20-7-5-4-6-8-20/h4-8,10-13,15-16,18H,9,14,17H2,1-3H3,(H,30,31,32). The minimum Gasteiger partial charge on any atom is -0.493 e. The third-order valence-electron chi connectivity index (χ3n) is 5.74. The van der Waals surface area contributed by atoms with Gasteiger partial charge < -0.3 is 18.9 Å². The predicted molar refractivity (Wildman–Crippen MR) is 147 cm³/mol. The van der Waals surface area contributed by atoms with Crippen molar-refractivity contribution in [2.75, 3.05) is 33.3 Å². The lowest BCUT2D eigenvalue weighted by Gasteiger charge is -2.14. The lowest BCUT2D eigenvalue weighted by atomic mass is 10.0. The summed E-state index contributed by atoms with van der Waals surface area (Å²) in [4.78, 5) is 29.0. The molecule has 0 radical (unpaired) electrons. The molecule has 0 atom stereocenters. The maximum absolute atomic E-state index is 12.3. The first-order valence-electron chi connectivity index (χ1n) is 11.9. The maximum atomic E-state index is 12.3. The van der Waals surface area contributed by atoms with Gasteiger partial charge in [-0.3, -0.25) is 14.9 Å². The fourth-order valence-corrected chi connectivity index (χ4v) is 4.56. The van der Waals surface area contributed by atoms with Crippen molar-refractivity contribution in [3.8, 4) is 39.6 Å². The van der Waals surface area contributed by atoms with E-state index in [0.29, 0.717) is 28.8 Å². The highest BCUT2D eigenvalue weighted by Crippen LogP contribution is 2.38. The molecule has 38 heavy (non-hydrogen) atoms. The van der Waals surface area contributed by atoms with Gasteiger partial charge in [-0.15, -0.1) is 11.3 Å². The van der Waals surface area contributed by atoms with Gasteiger partial charge in [0.15, 0.2) is 23.2 Å². The number of benzene rings is 3. The van der Waals surface area contributed by atoms with Crippen LogP contribution in [-0.4, -0.2) is 44.8 Å². The van der Waals surface area contributed by atoms with Crippen LogP contribution in [0.25, 0.3) is 22.4 Å². The number of aryl methyl sites for hydroxylation is 1. The van der Waals surface area contributed by atoms with E-state index in [-0.39, 0.29) is 6.42 Å². The number of carbonyl (C=O) groups excluding carboxylic acids is 2. The predicted octanol–water partition coefficient (Wildman–Crippen LogP) is 5.62. The zero-order valence-corrected chi connectivity index (χ0v) is 22.2. The van der Waals surface area contributed by atoms with E-state index in [0.717, 1.165) is 27.9 Å². The Morgan fingerprint density at radius 1 is 0.842 bits per heavy atom. The summed E-state index contributed by atoms with van der Waals surface area (Å²) in [7, 11) is 4.58. The van der Waals surface area contributed by atoms with Crippen molar-refractivity contribution >= 4 is 28.3 Å². The number of nitrogens with zero attached hydrogens (tertiary/aromatic N) is 1. The zero-order valence-electron chi connectivity index (χ0n) is 21.4. The van der Waals surface area contributed by atoms with E-state index in [2.05, 4.69) is 22.4 Å². The number of hydrogen-bond donors (Lipinski definition) is 1. The third kappa shape index (κ3) is 6.68. The van der Waals surface area contributed by atoms with E-state index in [1.165, 1.54) is 32.7 Å². The molecule has 0 unspecified atom stereocenters. The van der Waals surface area contributed by atoms with Crippen molar-refractivity contribution in [3.63, 3.8) is 0 Å². The van der Waals surface area contributed by atoms with Crippen LogP contribution in [0, 0.1) is 0 Å². The first-order chi connectivity index (χ1) is 18.5. The zero-order chi connectivity index (χ0) is 26.9. The molecule has 4 rings (SSSR count). The number of hydrogen-bond acceptors (Lipinski definition) is 8. The van der Waals surface area contributed by atoms with Gasteiger partial charge in [-0.2, -0.15) is 0 Å². The molecule has 1 heterocycles. The summed E-state index contributed by atoms with van der Waals surface area (Å²) in [6.45, 7) is -0.394. The molecule has 0 saturated carbocycles. The van der Waals surface area contributed by atoms with Gasteiger partial charge in [0, 0.05) is 17.4 Å². The molecule has 8 nitrogen and oxygen atoms in total. The number of anilines is 1. The van der Waals surface area contributed by atoms with Crippen molar-refractivity contribution < 1.29 is 28.5 Å². The Bertz CT molecular complexity index is 1360. The lowest BCUT2D eigenvalue weighted by Crippen LogP contribution is -2.21. The van der Waals surface area contributed by atoms with E-state index in [9.17, 15) is 9.59 Å². The normalized spacial score (nSPS) is 10.5. The van der Waals surface area contributed by atoms with Crippen LogP contribution >= 0.6 is 11.3 Å². The number of amides is 1. The van der Waals surface area contributed by atoms with E-state index < -0.39 is 18.5 Å². The Morgan fingerprint density at radius 2 is 1.47 bits per heavy atom. The summed E-state index contributed by atoms with van der Waals surface area (Å²) in [6.07, 6.45) is 0.475. The van der Waals surface area contributed by atoms with Crippen LogP contribution in [0.4, 0.5) is 5.13 Å². The van der Waals surface area contributed by atoms with Gasteiger partial charge in [0.2, 0.25) is 5.75 Å².